The molecule has 5 heteroatoms. The minimum Gasteiger partial charge on any atom is -0.481 e. The van der Waals surface area contributed by atoms with Gasteiger partial charge >= 0.3 is 5.97 Å². The molecule has 0 aromatic heterocycles. The number of piperidine rings is 1. The highest BCUT2D eigenvalue weighted by molar-refractivity contribution is 9.10. The molecular weight excluding hydrogens is 301 g/mol. The molecule has 2 rings (SSSR count). The maximum atomic E-state index is 13.3. The summed E-state index contributed by atoms with van der Waals surface area (Å²) >= 11 is 3.23. The number of carbonyl (C=O) groups is 1. The van der Waals surface area contributed by atoms with Crippen molar-refractivity contribution in [3.8, 4) is 0 Å². The summed E-state index contributed by atoms with van der Waals surface area (Å²) in [5.74, 6) is -1.15. The first-order valence-corrected chi connectivity index (χ1v) is 6.70. The van der Waals surface area contributed by atoms with Gasteiger partial charge in [-0.15, -0.1) is 0 Å². The van der Waals surface area contributed by atoms with Crippen LogP contribution in [-0.4, -0.2) is 24.2 Å². The summed E-state index contributed by atoms with van der Waals surface area (Å²) in [7, 11) is 0. The number of halogens is 2. The van der Waals surface area contributed by atoms with Gasteiger partial charge in [0.1, 0.15) is 5.82 Å². The third-order valence-corrected chi connectivity index (χ3v) is 3.85. The quantitative estimate of drug-likeness (QED) is 0.901. The molecule has 2 N–H and O–H groups in total. The van der Waals surface area contributed by atoms with Crippen molar-refractivity contribution in [2.75, 3.05) is 13.1 Å². The van der Waals surface area contributed by atoms with E-state index in [0.29, 0.717) is 29.4 Å². The molecule has 1 aromatic rings. The van der Waals surface area contributed by atoms with Crippen molar-refractivity contribution in [3.63, 3.8) is 0 Å². The Hall–Kier alpha value is -0.940. The van der Waals surface area contributed by atoms with Gasteiger partial charge in [0.25, 0.3) is 0 Å². The molecule has 1 saturated heterocycles. The lowest BCUT2D eigenvalue weighted by Crippen LogP contribution is -2.47. The van der Waals surface area contributed by atoms with Gasteiger partial charge in [-0.05, 0) is 49.6 Å². The Morgan fingerprint density at radius 3 is 2.83 bits per heavy atom. The Morgan fingerprint density at radius 2 is 2.28 bits per heavy atom. The summed E-state index contributed by atoms with van der Waals surface area (Å²) < 4.78 is 14.0. The van der Waals surface area contributed by atoms with Crippen molar-refractivity contribution in [2.45, 2.75) is 19.3 Å². The number of hydrogen-bond acceptors (Lipinski definition) is 2. The van der Waals surface area contributed by atoms with E-state index in [2.05, 4.69) is 21.2 Å². The van der Waals surface area contributed by atoms with Crippen LogP contribution in [0.3, 0.4) is 0 Å². The Morgan fingerprint density at radius 1 is 1.50 bits per heavy atom. The first-order chi connectivity index (χ1) is 8.52. The molecule has 1 aliphatic rings. The van der Waals surface area contributed by atoms with Crippen LogP contribution in [0.5, 0.6) is 0 Å². The minimum atomic E-state index is -0.814. The van der Waals surface area contributed by atoms with Crippen LogP contribution in [0, 0.1) is 11.2 Å². The molecule has 1 fully saturated rings. The fraction of sp³-hybridized carbons (Fsp3) is 0.462. The summed E-state index contributed by atoms with van der Waals surface area (Å²) in [6.45, 7) is 1.29. The van der Waals surface area contributed by atoms with Gasteiger partial charge in [0.05, 0.1) is 5.41 Å². The highest BCUT2D eigenvalue weighted by atomic mass is 79.9. The number of aliphatic carboxylic acids is 1. The average molecular weight is 316 g/mol. The molecule has 1 atom stereocenters. The predicted molar refractivity (Wildman–Crippen MR) is 70.0 cm³/mol. The second-order valence-electron chi connectivity index (χ2n) is 4.82. The van der Waals surface area contributed by atoms with Gasteiger partial charge in [-0.25, -0.2) is 4.39 Å². The van der Waals surface area contributed by atoms with Crippen LogP contribution in [0.25, 0.3) is 0 Å². The number of rotatable bonds is 3. The lowest BCUT2D eigenvalue weighted by molar-refractivity contribution is -0.150. The van der Waals surface area contributed by atoms with Crippen LogP contribution in [0.1, 0.15) is 18.4 Å². The van der Waals surface area contributed by atoms with Gasteiger partial charge in [-0.3, -0.25) is 4.79 Å². The molecule has 18 heavy (non-hydrogen) atoms. The molecule has 0 aliphatic carbocycles. The van der Waals surface area contributed by atoms with Crippen LogP contribution in [0.15, 0.2) is 22.7 Å². The molecule has 3 nitrogen and oxygen atoms in total. The standard InChI is InChI=1S/C13H15BrFNO2/c14-10-4-9(5-11(15)6-10)7-13(12(17)18)2-1-3-16-8-13/h4-6,16H,1-3,7-8H2,(H,17,18). The van der Waals surface area contributed by atoms with Crippen molar-refractivity contribution >= 4 is 21.9 Å². The molecule has 0 bridgehead atoms. The molecular formula is C13H15BrFNO2. The summed E-state index contributed by atoms with van der Waals surface area (Å²) in [5, 5.41) is 12.6. The average Bonchev–Trinajstić information content (AvgIpc) is 2.28. The van der Waals surface area contributed by atoms with Gasteiger partial charge in [0, 0.05) is 11.0 Å². The first kappa shape index (κ1) is 13.5. The van der Waals surface area contributed by atoms with Crippen LogP contribution in [0.4, 0.5) is 4.39 Å². The largest absolute Gasteiger partial charge is 0.481 e. The fourth-order valence-electron chi connectivity index (χ4n) is 2.48. The van der Waals surface area contributed by atoms with Crippen molar-refractivity contribution < 1.29 is 14.3 Å². The number of nitrogens with one attached hydrogen (secondary N) is 1. The number of hydrogen-bond donors (Lipinski definition) is 2. The van der Waals surface area contributed by atoms with Crippen molar-refractivity contribution in [1.29, 1.82) is 0 Å². The third-order valence-electron chi connectivity index (χ3n) is 3.39. The molecule has 98 valence electrons. The van der Waals surface area contributed by atoms with E-state index < -0.39 is 11.4 Å². The first-order valence-electron chi connectivity index (χ1n) is 5.91. The van der Waals surface area contributed by atoms with Gasteiger partial charge < -0.3 is 10.4 Å². The molecule has 1 aliphatic heterocycles. The van der Waals surface area contributed by atoms with E-state index in [9.17, 15) is 14.3 Å². The van der Waals surface area contributed by atoms with Gasteiger partial charge in [-0.1, -0.05) is 15.9 Å². The van der Waals surface area contributed by atoms with E-state index in [1.165, 1.54) is 12.1 Å². The smallest absolute Gasteiger partial charge is 0.311 e. The van der Waals surface area contributed by atoms with E-state index in [4.69, 9.17) is 0 Å². The lowest BCUT2D eigenvalue weighted by Gasteiger charge is -2.33. The SMILES string of the molecule is O=C(O)C1(Cc2cc(F)cc(Br)c2)CCCNC1. The summed E-state index contributed by atoms with van der Waals surface area (Å²) in [4.78, 5) is 11.5. The molecule has 1 unspecified atom stereocenters. The van der Waals surface area contributed by atoms with Crippen molar-refractivity contribution in [3.05, 3.63) is 34.1 Å². The molecule has 0 saturated carbocycles. The summed E-state index contributed by atoms with van der Waals surface area (Å²) in [6.07, 6.45) is 1.82. The second-order valence-corrected chi connectivity index (χ2v) is 5.74. The van der Waals surface area contributed by atoms with Crippen molar-refractivity contribution in [1.82, 2.24) is 5.32 Å². The van der Waals surface area contributed by atoms with E-state index in [1.807, 2.05) is 0 Å². The molecule has 0 spiro atoms. The maximum absolute atomic E-state index is 13.3. The Balaban J connectivity index is 2.25. The Kier molecular flexibility index (Phi) is 4.02. The molecule has 0 amide bonds. The van der Waals surface area contributed by atoms with Crippen LogP contribution < -0.4 is 5.32 Å². The van der Waals surface area contributed by atoms with Crippen LogP contribution in [-0.2, 0) is 11.2 Å². The van der Waals surface area contributed by atoms with E-state index in [0.717, 1.165) is 13.0 Å². The molecule has 0 radical (unpaired) electrons. The number of benzene rings is 1. The number of carboxylic acids is 1. The third kappa shape index (κ3) is 2.90. The highest BCUT2D eigenvalue weighted by Gasteiger charge is 2.39. The fourth-order valence-corrected chi connectivity index (χ4v) is 2.99. The maximum Gasteiger partial charge on any atom is 0.311 e. The monoisotopic (exact) mass is 315 g/mol. The Labute approximate surface area is 114 Å². The van der Waals surface area contributed by atoms with E-state index in [1.54, 1.807) is 6.07 Å². The second kappa shape index (κ2) is 5.36. The summed E-state index contributed by atoms with van der Waals surface area (Å²) in [6, 6.07) is 4.56. The van der Waals surface area contributed by atoms with E-state index >= 15 is 0 Å². The van der Waals surface area contributed by atoms with E-state index in [-0.39, 0.29) is 5.82 Å². The molecule has 1 aromatic carbocycles. The van der Waals surface area contributed by atoms with Gasteiger partial charge in [-0.2, -0.15) is 0 Å². The number of carboxylic acid groups (broad SMARTS) is 1. The lowest BCUT2D eigenvalue weighted by atomic mass is 9.76. The molecule has 1 heterocycles. The van der Waals surface area contributed by atoms with Gasteiger partial charge in [0.15, 0.2) is 0 Å². The van der Waals surface area contributed by atoms with Crippen LogP contribution in [0.2, 0.25) is 0 Å². The zero-order valence-corrected chi connectivity index (χ0v) is 11.5. The zero-order valence-electron chi connectivity index (χ0n) is 9.88. The topological polar surface area (TPSA) is 49.3 Å². The predicted octanol–water partition coefficient (Wildman–Crippen LogP) is 2.59. The van der Waals surface area contributed by atoms with Crippen LogP contribution >= 0.6 is 15.9 Å². The van der Waals surface area contributed by atoms with Crippen molar-refractivity contribution in [2.24, 2.45) is 5.41 Å². The Bertz CT molecular complexity index is 438. The highest BCUT2D eigenvalue weighted by Crippen LogP contribution is 2.32. The summed E-state index contributed by atoms with van der Waals surface area (Å²) in [5.41, 5.74) is -0.0983. The zero-order chi connectivity index (χ0) is 13.2. The minimum absolute atomic E-state index is 0.344. The normalized spacial score (nSPS) is 23.9. The van der Waals surface area contributed by atoms with Gasteiger partial charge in [0.2, 0.25) is 0 Å².